The van der Waals surface area contributed by atoms with Crippen LogP contribution in [0.4, 0.5) is 0 Å². The molecule has 0 bridgehead atoms. The highest BCUT2D eigenvalue weighted by molar-refractivity contribution is 5.78. The molecule has 0 spiro atoms. The molecule has 0 aliphatic heterocycles. The molecule has 1 N–H and O–H groups in total. The van der Waals surface area contributed by atoms with Crippen molar-refractivity contribution >= 4 is 11.8 Å². The predicted molar refractivity (Wildman–Crippen MR) is 96.6 cm³/mol. The fraction of sp³-hybridized carbons (Fsp3) is 0.800. The van der Waals surface area contributed by atoms with Gasteiger partial charge in [-0.15, -0.1) is 0 Å². The van der Waals surface area contributed by atoms with Crippen LogP contribution in [0.3, 0.4) is 0 Å². The number of Topliss-reactive ketones (excluding diaryl/α,β-unsaturated/α-hetero) is 1. The first-order valence-corrected chi connectivity index (χ1v) is 9.45. The summed E-state index contributed by atoms with van der Waals surface area (Å²) in [6, 6.07) is 0. The minimum absolute atomic E-state index is 0.208. The summed E-state index contributed by atoms with van der Waals surface area (Å²) in [5.74, 6) is -0.161. The maximum Gasteiger partial charge on any atom is 0.303 e. The third kappa shape index (κ3) is 15.5. The lowest BCUT2D eigenvalue weighted by molar-refractivity contribution is -0.137. The summed E-state index contributed by atoms with van der Waals surface area (Å²) in [5.41, 5.74) is 0. The highest BCUT2D eigenvalue weighted by Gasteiger charge is 2.11. The normalized spacial score (nSPS) is 12.6. The third-order valence-corrected chi connectivity index (χ3v) is 4.33. The van der Waals surface area contributed by atoms with E-state index in [1.807, 2.05) is 0 Å². The zero-order valence-corrected chi connectivity index (χ0v) is 15.2. The van der Waals surface area contributed by atoms with Crippen LogP contribution in [-0.2, 0) is 9.59 Å². The summed E-state index contributed by atoms with van der Waals surface area (Å²) in [7, 11) is 0. The van der Waals surface area contributed by atoms with E-state index in [9.17, 15) is 9.59 Å². The quantitative estimate of drug-likeness (QED) is 0.283. The largest absolute Gasteiger partial charge is 0.481 e. The summed E-state index contributed by atoms with van der Waals surface area (Å²) in [6.07, 6.45) is 17.8. The van der Waals surface area contributed by atoms with Gasteiger partial charge in [0.25, 0.3) is 0 Å². The van der Waals surface area contributed by atoms with Crippen molar-refractivity contribution in [2.75, 3.05) is 0 Å². The molecule has 23 heavy (non-hydrogen) atoms. The highest BCUT2D eigenvalue weighted by Crippen LogP contribution is 2.16. The maximum atomic E-state index is 11.6. The molecule has 1 unspecified atom stereocenters. The van der Waals surface area contributed by atoms with Crippen LogP contribution in [0, 0.1) is 5.92 Å². The second-order valence-corrected chi connectivity index (χ2v) is 6.56. The van der Waals surface area contributed by atoms with Gasteiger partial charge in [-0.1, -0.05) is 64.0 Å². The van der Waals surface area contributed by atoms with Gasteiger partial charge in [-0.3, -0.25) is 9.59 Å². The third-order valence-electron chi connectivity index (χ3n) is 4.33. The number of hydrogen-bond donors (Lipinski definition) is 1. The molecule has 0 saturated heterocycles. The lowest BCUT2D eigenvalue weighted by Crippen LogP contribution is -2.09. The van der Waals surface area contributed by atoms with Gasteiger partial charge >= 0.3 is 5.97 Å². The Morgan fingerprint density at radius 2 is 1.57 bits per heavy atom. The molecule has 0 fully saturated rings. The lowest BCUT2D eigenvalue weighted by atomic mass is 9.93. The van der Waals surface area contributed by atoms with E-state index in [1.54, 1.807) is 6.92 Å². The van der Waals surface area contributed by atoms with Crippen molar-refractivity contribution < 1.29 is 14.7 Å². The van der Waals surface area contributed by atoms with Crippen LogP contribution in [0.2, 0.25) is 0 Å². The number of allylic oxidation sites excluding steroid dienone is 2. The van der Waals surface area contributed by atoms with E-state index in [0.29, 0.717) is 12.2 Å². The standard InChI is InChI=1S/C20H36O3/c1-3-4-5-12-15-19(18(2)21)16-13-10-8-6-7-9-11-14-17-20(22)23/h10,13,19H,3-9,11-12,14-17H2,1-2H3,(H,22,23). The molecule has 0 saturated carbocycles. The van der Waals surface area contributed by atoms with Gasteiger partial charge in [0, 0.05) is 12.3 Å². The smallest absolute Gasteiger partial charge is 0.303 e. The van der Waals surface area contributed by atoms with Crippen LogP contribution in [-0.4, -0.2) is 16.9 Å². The molecule has 0 radical (unpaired) electrons. The number of ketones is 1. The molecule has 0 aromatic rings. The van der Waals surface area contributed by atoms with E-state index in [4.69, 9.17) is 5.11 Å². The number of carbonyl (C=O) groups excluding carboxylic acids is 1. The summed E-state index contributed by atoms with van der Waals surface area (Å²) < 4.78 is 0. The first-order chi connectivity index (χ1) is 11.1. The van der Waals surface area contributed by atoms with Gasteiger partial charge in [-0.2, -0.15) is 0 Å². The zero-order valence-electron chi connectivity index (χ0n) is 15.2. The molecule has 134 valence electrons. The fourth-order valence-corrected chi connectivity index (χ4v) is 2.75. The van der Waals surface area contributed by atoms with Crippen LogP contribution in [0.15, 0.2) is 12.2 Å². The van der Waals surface area contributed by atoms with E-state index >= 15 is 0 Å². The second-order valence-electron chi connectivity index (χ2n) is 6.56. The lowest BCUT2D eigenvalue weighted by Gasteiger charge is -2.10. The number of carboxylic acids is 1. The van der Waals surface area contributed by atoms with Gasteiger partial charge in [0.1, 0.15) is 5.78 Å². The van der Waals surface area contributed by atoms with Gasteiger partial charge < -0.3 is 5.11 Å². The van der Waals surface area contributed by atoms with E-state index < -0.39 is 5.97 Å². The first kappa shape index (κ1) is 21.9. The monoisotopic (exact) mass is 324 g/mol. The Kier molecular flexibility index (Phi) is 15.0. The van der Waals surface area contributed by atoms with Gasteiger partial charge in [0.15, 0.2) is 0 Å². The molecule has 0 aliphatic rings. The summed E-state index contributed by atoms with van der Waals surface area (Å²) >= 11 is 0. The molecule has 0 heterocycles. The van der Waals surface area contributed by atoms with Crippen molar-refractivity contribution in [3.8, 4) is 0 Å². The van der Waals surface area contributed by atoms with E-state index in [-0.39, 0.29) is 5.92 Å². The van der Waals surface area contributed by atoms with Crippen molar-refractivity contribution in [1.29, 1.82) is 0 Å². The molecule has 1 atom stereocenters. The number of hydrogen-bond acceptors (Lipinski definition) is 2. The number of aliphatic carboxylic acids is 1. The molecule has 0 amide bonds. The molecule has 0 aromatic carbocycles. The van der Waals surface area contributed by atoms with Crippen molar-refractivity contribution in [2.24, 2.45) is 5.92 Å². The van der Waals surface area contributed by atoms with Crippen molar-refractivity contribution in [3.63, 3.8) is 0 Å². The fourth-order valence-electron chi connectivity index (χ4n) is 2.75. The molecule has 0 rings (SSSR count). The van der Waals surface area contributed by atoms with Gasteiger partial charge in [0.2, 0.25) is 0 Å². The van der Waals surface area contributed by atoms with Gasteiger partial charge in [-0.25, -0.2) is 0 Å². The zero-order chi connectivity index (χ0) is 17.3. The van der Waals surface area contributed by atoms with Crippen LogP contribution in [0.25, 0.3) is 0 Å². The second kappa shape index (κ2) is 15.8. The molecule has 0 aliphatic carbocycles. The van der Waals surface area contributed by atoms with Crippen LogP contribution in [0.1, 0.15) is 97.3 Å². The van der Waals surface area contributed by atoms with Gasteiger partial charge in [0.05, 0.1) is 0 Å². The Hall–Kier alpha value is -1.12. The number of rotatable bonds is 16. The van der Waals surface area contributed by atoms with E-state index in [1.165, 1.54) is 25.7 Å². The number of unbranched alkanes of at least 4 members (excludes halogenated alkanes) is 8. The summed E-state index contributed by atoms with van der Waals surface area (Å²) in [6.45, 7) is 3.92. The van der Waals surface area contributed by atoms with Gasteiger partial charge in [-0.05, 0) is 39.0 Å². The predicted octanol–water partition coefficient (Wildman–Crippen LogP) is 5.92. The molecular weight excluding hydrogens is 288 g/mol. The van der Waals surface area contributed by atoms with E-state index in [2.05, 4.69) is 19.1 Å². The topological polar surface area (TPSA) is 54.4 Å². The van der Waals surface area contributed by atoms with Crippen LogP contribution in [0.5, 0.6) is 0 Å². The van der Waals surface area contributed by atoms with Crippen LogP contribution >= 0.6 is 0 Å². The van der Waals surface area contributed by atoms with Crippen molar-refractivity contribution in [1.82, 2.24) is 0 Å². The number of carbonyl (C=O) groups is 2. The average Bonchev–Trinajstić information content (AvgIpc) is 2.50. The van der Waals surface area contributed by atoms with Crippen LogP contribution < -0.4 is 0 Å². The molecular formula is C20H36O3. The van der Waals surface area contributed by atoms with Crippen molar-refractivity contribution in [2.45, 2.75) is 97.3 Å². The summed E-state index contributed by atoms with van der Waals surface area (Å²) in [5, 5.41) is 8.54. The Morgan fingerprint density at radius 1 is 0.913 bits per heavy atom. The van der Waals surface area contributed by atoms with Crippen molar-refractivity contribution in [3.05, 3.63) is 12.2 Å². The highest BCUT2D eigenvalue weighted by atomic mass is 16.4. The first-order valence-electron chi connectivity index (χ1n) is 9.45. The number of carboxylic acid groups (broad SMARTS) is 1. The minimum atomic E-state index is -0.692. The Bertz CT molecular complexity index is 334. The Morgan fingerprint density at radius 3 is 2.22 bits per heavy atom. The molecule has 0 aromatic heterocycles. The molecule has 3 heteroatoms. The van der Waals surface area contributed by atoms with E-state index in [0.717, 1.165) is 51.4 Å². The Balaban J connectivity index is 3.60. The molecule has 3 nitrogen and oxygen atoms in total. The SMILES string of the molecule is CCCCCCC(CC=CCCCCCCCC(=O)O)C(C)=O. The Labute approximate surface area is 142 Å². The summed E-state index contributed by atoms with van der Waals surface area (Å²) in [4.78, 5) is 22.0. The maximum absolute atomic E-state index is 11.6. The average molecular weight is 325 g/mol. The minimum Gasteiger partial charge on any atom is -0.481 e.